The molecule has 154 valence electrons. The summed E-state index contributed by atoms with van der Waals surface area (Å²) in [5.74, 6) is -0.802. The number of carbonyl (C=O) groups excluding carboxylic acids is 2. The number of hydrogen-bond acceptors (Lipinski definition) is 6. The van der Waals surface area contributed by atoms with Crippen molar-refractivity contribution in [3.05, 3.63) is 47.8 Å². The molecule has 4 rings (SSSR count). The molecule has 0 saturated carbocycles. The second-order valence-electron chi connectivity index (χ2n) is 7.07. The van der Waals surface area contributed by atoms with Crippen molar-refractivity contribution in [1.82, 2.24) is 9.65 Å². The van der Waals surface area contributed by atoms with Gasteiger partial charge >= 0.3 is 13.8 Å². The maximum Gasteiger partial charge on any atom is 0.432 e. The minimum Gasteiger partial charge on any atom is -0.442 e. The first-order valence-electron chi connectivity index (χ1n) is 9.02. The summed E-state index contributed by atoms with van der Waals surface area (Å²) in [4.78, 5) is 48.5. The molecule has 1 saturated heterocycles. The number of rotatable bonds is 4. The average Bonchev–Trinajstić information content (AvgIpc) is 3.22. The van der Waals surface area contributed by atoms with E-state index in [1.807, 2.05) is 18.2 Å². The lowest BCUT2D eigenvalue weighted by Crippen LogP contribution is -2.41. The molecule has 2 N–H and O–H groups in total. The van der Waals surface area contributed by atoms with Crippen molar-refractivity contribution in [2.24, 2.45) is 0 Å². The topological polar surface area (TPSA) is 144 Å². The number of hydrogen-bond donors (Lipinski definition) is 2. The summed E-state index contributed by atoms with van der Waals surface area (Å²) in [6, 6.07) is 10.4. The van der Waals surface area contributed by atoms with Gasteiger partial charge in [0.1, 0.15) is 17.9 Å². The fourth-order valence-corrected chi connectivity index (χ4v) is 4.57. The number of pyridine rings is 1. The van der Waals surface area contributed by atoms with Gasteiger partial charge in [0.15, 0.2) is 0 Å². The zero-order chi connectivity index (χ0) is 21.6. The average molecular weight is 428 g/mol. The van der Waals surface area contributed by atoms with E-state index in [2.05, 4.69) is 4.98 Å². The third-order valence-corrected chi connectivity index (χ3v) is 6.29. The molecule has 1 aromatic carbocycles. The Bertz CT molecular complexity index is 1120. The fraction of sp³-hybridized carbons (Fsp3) is 0.263. The van der Waals surface area contributed by atoms with E-state index in [0.29, 0.717) is 22.5 Å². The first-order valence-corrected chi connectivity index (χ1v) is 10.6. The zero-order valence-corrected chi connectivity index (χ0v) is 16.7. The third-order valence-electron chi connectivity index (χ3n) is 5.22. The van der Waals surface area contributed by atoms with Crippen molar-refractivity contribution in [3.63, 3.8) is 0 Å². The van der Waals surface area contributed by atoms with Crippen LogP contribution in [0.1, 0.15) is 18.2 Å². The Kier molecular flexibility index (Phi) is 4.82. The number of ether oxygens (including phenoxy) is 1. The fourth-order valence-electron chi connectivity index (χ4n) is 3.83. The van der Waals surface area contributed by atoms with Crippen molar-refractivity contribution < 1.29 is 28.7 Å². The molecule has 1 unspecified atom stereocenters. The summed E-state index contributed by atoms with van der Waals surface area (Å²) in [7, 11) is -4.82. The van der Waals surface area contributed by atoms with Crippen LogP contribution in [0.3, 0.4) is 0 Å². The van der Waals surface area contributed by atoms with Gasteiger partial charge in [-0.3, -0.25) is 9.69 Å². The van der Waals surface area contributed by atoms with Gasteiger partial charge in [-0.2, -0.15) is 5.26 Å². The van der Waals surface area contributed by atoms with Crippen LogP contribution < -0.4 is 4.90 Å². The van der Waals surface area contributed by atoms with E-state index in [-0.39, 0.29) is 0 Å². The van der Waals surface area contributed by atoms with Gasteiger partial charge in [-0.05, 0) is 41.8 Å². The molecule has 2 aromatic rings. The largest absolute Gasteiger partial charge is 0.442 e. The van der Waals surface area contributed by atoms with Crippen molar-refractivity contribution >= 4 is 25.4 Å². The minimum absolute atomic E-state index is 0.311. The lowest BCUT2D eigenvalue weighted by atomic mass is 10.0. The van der Waals surface area contributed by atoms with Gasteiger partial charge in [-0.15, -0.1) is 0 Å². The molecule has 30 heavy (non-hydrogen) atoms. The quantitative estimate of drug-likeness (QED) is 0.702. The highest BCUT2D eigenvalue weighted by atomic mass is 31.2. The highest BCUT2D eigenvalue weighted by Crippen LogP contribution is 2.44. The Morgan fingerprint density at radius 1 is 1.37 bits per heavy atom. The number of anilines is 1. The maximum atomic E-state index is 12.4. The molecule has 2 aliphatic heterocycles. The summed E-state index contributed by atoms with van der Waals surface area (Å²) in [5.41, 5.74) is 3.51. The van der Waals surface area contributed by atoms with E-state index < -0.39 is 38.4 Å². The van der Waals surface area contributed by atoms with Gasteiger partial charge in [-0.25, -0.2) is 19.0 Å². The number of nitriles is 1. The van der Waals surface area contributed by atoms with E-state index >= 15 is 0 Å². The van der Waals surface area contributed by atoms with Crippen LogP contribution in [0.5, 0.6) is 0 Å². The van der Waals surface area contributed by atoms with Crippen LogP contribution in [0.25, 0.3) is 11.1 Å². The van der Waals surface area contributed by atoms with E-state index in [9.17, 15) is 23.9 Å². The number of nitrogens with zero attached hydrogens (tertiary/aromatic N) is 4. The number of aromatic nitrogens is 1. The molecule has 2 amide bonds. The zero-order valence-electron chi connectivity index (χ0n) is 15.8. The van der Waals surface area contributed by atoms with Crippen LogP contribution in [0.4, 0.5) is 10.5 Å². The highest BCUT2D eigenvalue weighted by molar-refractivity contribution is 7.49. The number of benzene rings is 1. The lowest BCUT2D eigenvalue weighted by molar-refractivity contribution is -0.126. The molecule has 3 heterocycles. The molecule has 11 heteroatoms. The van der Waals surface area contributed by atoms with Gasteiger partial charge in [0.05, 0.1) is 18.3 Å². The standard InChI is InChI=1S/C19H17N4O6P/c1-11(24)22(30(26,27)28)10-18-17-7-14-6-12(13-2-4-15(8-20)21-9-13)3-5-16(14)23(17)19(25)29-18/h2-6,9,17-18H,7,10H2,1H3,(H2,26,27,28)/t17-,18?/m0/s1. The Labute approximate surface area is 171 Å². The lowest BCUT2D eigenvalue weighted by Gasteiger charge is -2.26. The van der Waals surface area contributed by atoms with E-state index in [1.165, 1.54) is 4.90 Å². The van der Waals surface area contributed by atoms with Crippen molar-refractivity contribution in [2.75, 3.05) is 11.4 Å². The van der Waals surface area contributed by atoms with Gasteiger partial charge < -0.3 is 14.5 Å². The SMILES string of the molecule is CC(=O)N(CC1OC(=O)N2c3ccc(-c4ccc(C#N)nc4)cc3C[C@@H]12)P(=O)(O)O. The van der Waals surface area contributed by atoms with Gasteiger partial charge in [0.25, 0.3) is 0 Å². The molecule has 0 aliphatic carbocycles. The van der Waals surface area contributed by atoms with Crippen LogP contribution in [0.2, 0.25) is 0 Å². The van der Waals surface area contributed by atoms with Gasteiger partial charge in [-0.1, -0.05) is 6.07 Å². The summed E-state index contributed by atoms with van der Waals surface area (Å²) >= 11 is 0. The number of amides is 2. The number of fused-ring (bicyclic) bond motifs is 3. The first-order chi connectivity index (χ1) is 14.2. The van der Waals surface area contributed by atoms with Crippen molar-refractivity contribution in [2.45, 2.75) is 25.5 Å². The van der Waals surface area contributed by atoms with Gasteiger partial charge in [0, 0.05) is 18.7 Å². The maximum absolute atomic E-state index is 12.4. The molecule has 2 atom stereocenters. The molecular weight excluding hydrogens is 411 g/mol. The molecule has 2 aliphatic rings. The Hall–Kier alpha value is -3.25. The van der Waals surface area contributed by atoms with Crippen LogP contribution in [0.15, 0.2) is 36.5 Å². The molecular formula is C19H17N4O6P. The minimum atomic E-state index is -4.82. The second-order valence-corrected chi connectivity index (χ2v) is 8.57. The van der Waals surface area contributed by atoms with Crippen LogP contribution in [-0.4, -0.2) is 50.1 Å². The van der Waals surface area contributed by atoms with E-state index in [1.54, 1.807) is 24.4 Å². The first kappa shape index (κ1) is 20.0. The summed E-state index contributed by atoms with van der Waals surface area (Å²) in [6.45, 7) is 0.655. The second kappa shape index (κ2) is 7.22. The molecule has 1 aromatic heterocycles. The Morgan fingerprint density at radius 3 is 2.70 bits per heavy atom. The smallest absolute Gasteiger partial charge is 0.432 e. The van der Waals surface area contributed by atoms with Gasteiger partial charge in [0.2, 0.25) is 5.91 Å². The molecule has 0 spiro atoms. The Morgan fingerprint density at radius 2 is 2.10 bits per heavy atom. The van der Waals surface area contributed by atoms with E-state index in [0.717, 1.165) is 23.6 Å². The monoisotopic (exact) mass is 428 g/mol. The summed E-state index contributed by atoms with van der Waals surface area (Å²) in [6.07, 6.45) is 0.515. The predicted molar refractivity (Wildman–Crippen MR) is 104 cm³/mol. The highest BCUT2D eigenvalue weighted by Gasteiger charge is 2.49. The third kappa shape index (κ3) is 3.44. The van der Waals surface area contributed by atoms with Crippen LogP contribution >= 0.6 is 7.75 Å². The Balaban J connectivity index is 1.61. The van der Waals surface area contributed by atoms with Crippen LogP contribution in [0, 0.1) is 11.3 Å². The van der Waals surface area contributed by atoms with E-state index in [4.69, 9.17) is 10.00 Å². The molecule has 0 radical (unpaired) electrons. The predicted octanol–water partition coefficient (Wildman–Crippen LogP) is 1.81. The molecule has 0 bridgehead atoms. The van der Waals surface area contributed by atoms with Crippen LogP contribution in [-0.2, 0) is 20.5 Å². The van der Waals surface area contributed by atoms with Crippen molar-refractivity contribution in [3.8, 4) is 17.2 Å². The summed E-state index contributed by atoms with van der Waals surface area (Å²) in [5, 5.41) is 8.88. The number of cyclic esters (lactones) is 1. The summed E-state index contributed by atoms with van der Waals surface area (Å²) < 4.78 is 17.4. The molecule has 10 nitrogen and oxygen atoms in total. The molecule has 1 fully saturated rings. The number of carbonyl (C=O) groups is 2. The van der Waals surface area contributed by atoms with Crippen molar-refractivity contribution in [1.29, 1.82) is 5.26 Å². The normalized spacial score (nSPS) is 19.7.